The van der Waals surface area contributed by atoms with E-state index >= 15 is 0 Å². The van der Waals surface area contributed by atoms with E-state index < -0.39 is 0 Å². The van der Waals surface area contributed by atoms with Crippen LogP contribution in [0.2, 0.25) is 0 Å². The number of hydrogen-bond donors (Lipinski definition) is 1. The maximum Gasteiger partial charge on any atom is 0.282 e. The van der Waals surface area contributed by atoms with Crippen molar-refractivity contribution >= 4 is 34.7 Å². The summed E-state index contributed by atoms with van der Waals surface area (Å²) in [6, 6.07) is 17.6. The Labute approximate surface area is 193 Å². The molecule has 3 aromatic rings. The number of benzene rings is 3. The number of nitrogens with one attached hydrogen (secondary N) is 1. The average Bonchev–Trinajstić information content (AvgIpc) is 3.11. The van der Waals surface area contributed by atoms with E-state index in [-0.39, 0.29) is 50.7 Å². The molecule has 0 unspecified atom stereocenters. The molecule has 0 spiro atoms. The smallest absolute Gasteiger partial charge is 0.282 e. The minimum Gasteiger partial charge on any atom is -0.375 e. The van der Waals surface area contributed by atoms with Crippen molar-refractivity contribution in [3.8, 4) is 0 Å². The lowest BCUT2D eigenvalue weighted by atomic mass is 9.77. The third kappa shape index (κ3) is 3.63. The average molecular weight is 473 g/mol. The molecule has 8 heteroatoms. The van der Waals surface area contributed by atoms with Crippen molar-refractivity contribution < 1.29 is 13.7 Å². The highest BCUT2D eigenvalue weighted by atomic mass is 35.5. The molecule has 0 aromatic heterocycles. The Morgan fingerprint density at radius 3 is 2.53 bits per heavy atom. The van der Waals surface area contributed by atoms with E-state index in [1.165, 1.54) is 36.0 Å². The number of fused-ring (bicyclic) bond motifs is 3. The molecule has 1 N–H and O–H groups in total. The van der Waals surface area contributed by atoms with Gasteiger partial charge in [-0.1, -0.05) is 36.4 Å². The Morgan fingerprint density at radius 1 is 1.03 bits per heavy atom. The van der Waals surface area contributed by atoms with Gasteiger partial charge in [-0.3, -0.25) is 10.1 Å². The van der Waals surface area contributed by atoms with Gasteiger partial charge in [0.05, 0.1) is 26.9 Å². The van der Waals surface area contributed by atoms with Crippen molar-refractivity contribution in [2.24, 2.45) is 5.92 Å². The SMILES string of the molecule is O=[N+]([O-])c1ccccc1S[C@H]1C[C@@H]2[C@H](c3cccc(F)c3N[C@H]2c2ccc(F)cc2)[C@@H]1Cl. The van der Waals surface area contributed by atoms with Crippen LogP contribution < -0.4 is 5.32 Å². The van der Waals surface area contributed by atoms with Crippen molar-refractivity contribution in [2.75, 3.05) is 5.32 Å². The summed E-state index contributed by atoms with van der Waals surface area (Å²) in [4.78, 5) is 11.7. The summed E-state index contributed by atoms with van der Waals surface area (Å²) >= 11 is 8.39. The summed E-state index contributed by atoms with van der Waals surface area (Å²) < 4.78 is 28.3. The van der Waals surface area contributed by atoms with Crippen molar-refractivity contribution in [1.29, 1.82) is 0 Å². The Hall–Kier alpha value is -2.64. The first-order chi connectivity index (χ1) is 15.4. The largest absolute Gasteiger partial charge is 0.375 e. The zero-order chi connectivity index (χ0) is 22.4. The van der Waals surface area contributed by atoms with Crippen LogP contribution in [0.3, 0.4) is 0 Å². The van der Waals surface area contributed by atoms with Crippen LogP contribution in [0.1, 0.15) is 29.5 Å². The number of para-hydroxylation sites is 2. The number of alkyl halides is 1. The van der Waals surface area contributed by atoms with E-state index in [1.54, 1.807) is 36.4 Å². The zero-order valence-electron chi connectivity index (χ0n) is 16.8. The molecule has 4 nitrogen and oxygen atoms in total. The van der Waals surface area contributed by atoms with Gasteiger partial charge in [-0.25, -0.2) is 8.78 Å². The Balaban J connectivity index is 1.54. The topological polar surface area (TPSA) is 55.2 Å². The molecule has 2 aliphatic rings. The van der Waals surface area contributed by atoms with Crippen LogP contribution in [0.4, 0.5) is 20.2 Å². The molecule has 1 aliphatic carbocycles. The standard InChI is InChI=1S/C24H19ClF2N2O2S/c25-22-20(32-19-7-2-1-6-18(19)29(30)31)12-16-21(22)15-4-3-5-17(27)24(15)28-23(16)13-8-10-14(26)11-9-13/h1-11,16,20-23,28H,12H2/t16-,20+,21+,22-,23+/m1/s1. The fourth-order valence-corrected chi connectivity index (χ4v) is 6.92. The van der Waals surface area contributed by atoms with Crippen molar-refractivity contribution in [3.05, 3.63) is 99.6 Å². The molecular formula is C24H19ClF2N2O2S. The number of nitrogens with zero attached hydrogens (tertiary/aromatic N) is 1. The second-order valence-electron chi connectivity index (χ2n) is 8.13. The summed E-state index contributed by atoms with van der Waals surface area (Å²) in [6.07, 6.45) is 0.681. The van der Waals surface area contributed by atoms with Gasteiger partial charge in [-0.2, -0.15) is 0 Å². The van der Waals surface area contributed by atoms with Gasteiger partial charge in [0.25, 0.3) is 5.69 Å². The third-order valence-electron chi connectivity index (χ3n) is 6.37. The summed E-state index contributed by atoms with van der Waals surface area (Å²) in [6.45, 7) is 0. The normalized spacial score (nSPS) is 26.2. The minimum atomic E-state index is -0.388. The highest BCUT2D eigenvalue weighted by Crippen LogP contribution is 2.58. The molecule has 5 atom stereocenters. The number of thioether (sulfide) groups is 1. The van der Waals surface area contributed by atoms with Gasteiger partial charge in [0.1, 0.15) is 11.6 Å². The van der Waals surface area contributed by atoms with Crippen LogP contribution in [0.25, 0.3) is 0 Å². The second kappa shape index (κ2) is 8.37. The molecule has 0 radical (unpaired) electrons. The van der Waals surface area contributed by atoms with Gasteiger partial charge >= 0.3 is 0 Å². The molecule has 32 heavy (non-hydrogen) atoms. The zero-order valence-corrected chi connectivity index (χ0v) is 18.3. The van der Waals surface area contributed by atoms with Crippen LogP contribution in [-0.4, -0.2) is 15.6 Å². The maximum absolute atomic E-state index is 14.7. The van der Waals surface area contributed by atoms with Crippen molar-refractivity contribution in [1.82, 2.24) is 0 Å². The van der Waals surface area contributed by atoms with E-state index in [0.29, 0.717) is 17.0 Å². The van der Waals surface area contributed by atoms with E-state index in [4.69, 9.17) is 11.6 Å². The quantitative estimate of drug-likeness (QED) is 0.254. The van der Waals surface area contributed by atoms with Crippen LogP contribution in [0, 0.1) is 27.7 Å². The van der Waals surface area contributed by atoms with Crippen LogP contribution in [0.5, 0.6) is 0 Å². The van der Waals surface area contributed by atoms with Crippen LogP contribution in [0.15, 0.2) is 71.6 Å². The molecular weight excluding hydrogens is 454 g/mol. The lowest BCUT2D eigenvalue weighted by molar-refractivity contribution is -0.387. The molecule has 1 heterocycles. The molecule has 0 saturated heterocycles. The monoisotopic (exact) mass is 472 g/mol. The number of nitro benzene ring substituents is 1. The first-order valence-corrected chi connectivity index (χ1v) is 11.6. The lowest BCUT2D eigenvalue weighted by Crippen LogP contribution is -2.31. The number of halogens is 3. The van der Waals surface area contributed by atoms with Crippen molar-refractivity contribution in [2.45, 2.75) is 33.9 Å². The fourth-order valence-electron chi connectivity index (χ4n) is 4.98. The summed E-state index contributed by atoms with van der Waals surface area (Å²) in [5, 5.41) is 14.3. The van der Waals surface area contributed by atoms with Gasteiger partial charge in [0.15, 0.2) is 0 Å². The molecule has 1 aliphatic heterocycles. The Bertz CT molecular complexity index is 1180. The van der Waals surface area contributed by atoms with E-state index in [2.05, 4.69) is 5.32 Å². The van der Waals surface area contributed by atoms with E-state index in [1.807, 2.05) is 6.07 Å². The van der Waals surface area contributed by atoms with E-state index in [9.17, 15) is 18.9 Å². The predicted molar refractivity (Wildman–Crippen MR) is 122 cm³/mol. The van der Waals surface area contributed by atoms with Gasteiger partial charge in [-0.15, -0.1) is 23.4 Å². The molecule has 1 saturated carbocycles. The van der Waals surface area contributed by atoms with Gasteiger partial charge in [0.2, 0.25) is 0 Å². The van der Waals surface area contributed by atoms with Crippen LogP contribution in [-0.2, 0) is 0 Å². The van der Waals surface area contributed by atoms with Gasteiger partial charge in [0, 0.05) is 17.2 Å². The van der Waals surface area contributed by atoms with Crippen LogP contribution >= 0.6 is 23.4 Å². The maximum atomic E-state index is 14.7. The molecule has 0 amide bonds. The molecule has 164 valence electrons. The number of anilines is 1. The highest BCUT2D eigenvalue weighted by Gasteiger charge is 2.50. The highest BCUT2D eigenvalue weighted by molar-refractivity contribution is 8.00. The van der Waals surface area contributed by atoms with Gasteiger partial charge < -0.3 is 5.32 Å². The van der Waals surface area contributed by atoms with Gasteiger partial charge in [-0.05, 0) is 47.7 Å². The summed E-state index contributed by atoms with van der Waals surface area (Å²) in [5.41, 5.74) is 2.15. The number of hydrogen-bond acceptors (Lipinski definition) is 4. The second-order valence-corrected chi connectivity index (χ2v) is 9.91. The first kappa shape index (κ1) is 21.2. The lowest BCUT2D eigenvalue weighted by Gasteiger charge is -2.38. The summed E-state index contributed by atoms with van der Waals surface area (Å²) in [5.74, 6) is -0.803. The Morgan fingerprint density at radius 2 is 1.78 bits per heavy atom. The molecule has 0 bridgehead atoms. The molecule has 3 aromatic carbocycles. The number of nitro groups is 1. The van der Waals surface area contributed by atoms with E-state index in [0.717, 1.165) is 11.1 Å². The minimum absolute atomic E-state index is 0.0255. The first-order valence-electron chi connectivity index (χ1n) is 10.3. The molecule has 1 fully saturated rings. The fraction of sp³-hybridized carbons (Fsp3) is 0.250. The number of rotatable bonds is 4. The third-order valence-corrected chi connectivity index (χ3v) is 8.48. The Kier molecular flexibility index (Phi) is 5.55. The summed E-state index contributed by atoms with van der Waals surface area (Å²) in [7, 11) is 0. The molecule has 5 rings (SSSR count). The van der Waals surface area contributed by atoms with Crippen molar-refractivity contribution in [3.63, 3.8) is 0 Å². The predicted octanol–water partition coefficient (Wildman–Crippen LogP) is 6.91.